The molecule has 1 heterocycles. The third-order valence-electron chi connectivity index (χ3n) is 2.69. The van der Waals surface area contributed by atoms with E-state index in [1.54, 1.807) is 12.1 Å². The van der Waals surface area contributed by atoms with Crippen LogP contribution in [0.15, 0.2) is 12.1 Å². The summed E-state index contributed by atoms with van der Waals surface area (Å²) >= 11 is 6.05. The fourth-order valence-electron chi connectivity index (χ4n) is 1.83. The molecule has 0 spiro atoms. The fraction of sp³-hybridized carbons (Fsp3) is 0.500. The number of sulfone groups is 1. The maximum absolute atomic E-state index is 11.2. The van der Waals surface area contributed by atoms with Gasteiger partial charge in [0.25, 0.3) is 0 Å². The van der Waals surface area contributed by atoms with Gasteiger partial charge in [-0.25, -0.2) is 8.42 Å². The van der Waals surface area contributed by atoms with Crippen molar-refractivity contribution in [1.29, 1.82) is 0 Å². The Kier molecular flexibility index (Phi) is 4.23. The van der Waals surface area contributed by atoms with Gasteiger partial charge in [-0.05, 0) is 6.07 Å². The molecule has 0 amide bonds. The topological polar surface area (TPSA) is 72.8 Å². The van der Waals surface area contributed by atoms with E-state index >= 15 is 0 Å². The van der Waals surface area contributed by atoms with Gasteiger partial charge >= 0.3 is 0 Å². The average Bonchev–Trinajstić information content (AvgIpc) is 2.50. The van der Waals surface area contributed by atoms with E-state index in [0.29, 0.717) is 30.3 Å². The molecule has 2 rings (SSSR count). The Balaban J connectivity index is 2.33. The molecule has 1 atom stereocenters. The lowest BCUT2D eigenvalue weighted by Gasteiger charge is -2.15. The summed E-state index contributed by atoms with van der Waals surface area (Å²) in [7, 11) is -3.30. The van der Waals surface area contributed by atoms with E-state index in [1.807, 2.05) is 0 Å². The van der Waals surface area contributed by atoms with E-state index in [9.17, 15) is 13.5 Å². The minimum absolute atomic E-state index is 0.264. The van der Waals surface area contributed by atoms with Gasteiger partial charge in [-0.3, -0.25) is 0 Å². The van der Waals surface area contributed by atoms with Gasteiger partial charge < -0.3 is 14.6 Å². The summed E-state index contributed by atoms with van der Waals surface area (Å²) in [6.45, 7) is 1.05. The molecule has 5 nitrogen and oxygen atoms in total. The maximum atomic E-state index is 11.2. The monoisotopic (exact) mass is 306 g/mol. The first-order valence-corrected chi connectivity index (χ1v) is 8.25. The number of rotatable bonds is 3. The van der Waals surface area contributed by atoms with Crippen LogP contribution in [0.5, 0.6) is 11.5 Å². The van der Waals surface area contributed by atoms with Crippen molar-refractivity contribution < 1.29 is 23.0 Å². The molecule has 0 bridgehead atoms. The van der Waals surface area contributed by atoms with Crippen molar-refractivity contribution in [3.05, 3.63) is 22.7 Å². The highest BCUT2D eigenvalue weighted by Crippen LogP contribution is 2.37. The molecule has 1 N–H and O–H groups in total. The van der Waals surface area contributed by atoms with E-state index in [2.05, 4.69) is 0 Å². The number of ether oxygens (including phenoxy) is 2. The Morgan fingerprint density at radius 1 is 1.32 bits per heavy atom. The van der Waals surface area contributed by atoms with Crippen LogP contribution < -0.4 is 9.47 Å². The third-order valence-corrected chi connectivity index (χ3v) is 3.94. The van der Waals surface area contributed by atoms with E-state index < -0.39 is 15.9 Å². The van der Waals surface area contributed by atoms with Gasteiger partial charge in [-0.15, -0.1) is 0 Å². The number of benzene rings is 1. The summed E-state index contributed by atoms with van der Waals surface area (Å²) in [5.41, 5.74) is 0.330. The number of aliphatic hydroxyl groups is 1. The van der Waals surface area contributed by atoms with Gasteiger partial charge in [-0.2, -0.15) is 0 Å². The first-order chi connectivity index (χ1) is 8.87. The highest BCUT2D eigenvalue weighted by molar-refractivity contribution is 7.90. The number of halogens is 1. The van der Waals surface area contributed by atoms with Crippen molar-refractivity contribution >= 4 is 21.4 Å². The quantitative estimate of drug-likeness (QED) is 0.918. The minimum atomic E-state index is -3.30. The van der Waals surface area contributed by atoms with Crippen molar-refractivity contribution in [2.45, 2.75) is 12.5 Å². The highest BCUT2D eigenvalue weighted by atomic mass is 35.5. The second kappa shape index (κ2) is 5.56. The molecule has 106 valence electrons. The maximum Gasteiger partial charge on any atom is 0.162 e. The zero-order chi connectivity index (χ0) is 14.0. The first kappa shape index (κ1) is 14.4. The average molecular weight is 307 g/mol. The molecule has 7 heteroatoms. The predicted molar refractivity (Wildman–Crippen MR) is 71.7 cm³/mol. The molecule has 1 unspecified atom stereocenters. The standard InChI is InChI=1S/C12H15ClO5S/c1-19(15,16)7-10(14)8-5-11-12(6-9(8)13)18-4-2-3-17-11/h5-6,10,14H,2-4,7H2,1H3. The molecule has 1 aromatic rings. The van der Waals surface area contributed by atoms with Crippen LogP contribution in [0.4, 0.5) is 0 Å². The molecular weight excluding hydrogens is 292 g/mol. The molecule has 0 radical (unpaired) electrons. The zero-order valence-corrected chi connectivity index (χ0v) is 12.0. The molecule has 1 aliphatic heterocycles. The second-order valence-electron chi connectivity index (χ2n) is 4.48. The molecule has 1 aliphatic rings. The van der Waals surface area contributed by atoms with E-state index in [0.717, 1.165) is 12.7 Å². The molecule has 0 aromatic heterocycles. The Hall–Kier alpha value is -0.980. The lowest BCUT2D eigenvalue weighted by atomic mass is 10.1. The SMILES string of the molecule is CS(=O)(=O)CC(O)c1cc2c(cc1Cl)OCCCO2. The summed E-state index contributed by atoms with van der Waals surface area (Å²) in [4.78, 5) is 0. The normalized spacial score (nSPS) is 16.8. The van der Waals surface area contributed by atoms with Crippen molar-refractivity contribution in [3.8, 4) is 11.5 Å². The van der Waals surface area contributed by atoms with Crippen LogP contribution >= 0.6 is 11.6 Å². The molecule has 1 aromatic carbocycles. The summed E-state index contributed by atoms with van der Waals surface area (Å²) in [5.74, 6) is 0.606. The van der Waals surface area contributed by atoms with Crippen LogP contribution in [-0.2, 0) is 9.84 Å². The number of fused-ring (bicyclic) bond motifs is 1. The van der Waals surface area contributed by atoms with Crippen molar-refractivity contribution in [3.63, 3.8) is 0 Å². The van der Waals surface area contributed by atoms with E-state index in [-0.39, 0.29) is 10.8 Å². The summed E-state index contributed by atoms with van der Waals surface area (Å²) in [5, 5.41) is 10.2. The van der Waals surface area contributed by atoms with Gasteiger partial charge in [0.1, 0.15) is 9.84 Å². The smallest absolute Gasteiger partial charge is 0.162 e. The van der Waals surface area contributed by atoms with Crippen molar-refractivity contribution in [2.24, 2.45) is 0 Å². The van der Waals surface area contributed by atoms with Gasteiger partial charge in [0.15, 0.2) is 11.5 Å². The molecule has 0 saturated heterocycles. The second-order valence-corrected chi connectivity index (χ2v) is 7.07. The van der Waals surface area contributed by atoms with Crippen LogP contribution in [0, 0.1) is 0 Å². The van der Waals surface area contributed by atoms with E-state index in [1.165, 1.54) is 0 Å². The lowest BCUT2D eigenvalue weighted by Crippen LogP contribution is -2.13. The van der Waals surface area contributed by atoms with Gasteiger partial charge in [0.05, 0.1) is 30.1 Å². The number of aliphatic hydroxyl groups excluding tert-OH is 1. The minimum Gasteiger partial charge on any atom is -0.490 e. The van der Waals surface area contributed by atoms with E-state index in [4.69, 9.17) is 21.1 Å². The fourth-order valence-corrected chi connectivity index (χ4v) is 2.86. The Morgan fingerprint density at radius 3 is 2.47 bits per heavy atom. The van der Waals surface area contributed by atoms with Crippen LogP contribution in [0.1, 0.15) is 18.1 Å². The number of hydrogen-bond donors (Lipinski definition) is 1. The zero-order valence-electron chi connectivity index (χ0n) is 10.4. The summed E-state index contributed by atoms with van der Waals surface area (Å²) < 4.78 is 33.4. The van der Waals surface area contributed by atoms with Crippen LogP contribution in [0.25, 0.3) is 0 Å². The van der Waals surface area contributed by atoms with Crippen LogP contribution in [0.3, 0.4) is 0 Å². The predicted octanol–water partition coefficient (Wildman–Crippen LogP) is 1.58. The molecule has 0 aliphatic carbocycles. The van der Waals surface area contributed by atoms with Crippen molar-refractivity contribution in [1.82, 2.24) is 0 Å². The Morgan fingerprint density at radius 2 is 1.89 bits per heavy atom. The Labute approximate surface area is 117 Å². The van der Waals surface area contributed by atoms with Gasteiger partial charge in [-0.1, -0.05) is 11.6 Å². The third kappa shape index (κ3) is 3.75. The van der Waals surface area contributed by atoms with Gasteiger partial charge in [0, 0.05) is 24.3 Å². The summed E-state index contributed by atoms with van der Waals surface area (Å²) in [6, 6.07) is 3.09. The Bertz CT molecular complexity index is 570. The van der Waals surface area contributed by atoms with Crippen LogP contribution in [-0.4, -0.2) is 38.7 Å². The van der Waals surface area contributed by atoms with Crippen molar-refractivity contribution in [2.75, 3.05) is 25.2 Å². The first-order valence-electron chi connectivity index (χ1n) is 5.81. The largest absolute Gasteiger partial charge is 0.490 e. The molecule has 0 saturated carbocycles. The van der Waals surface area contributed by atoms with Gasteiger partial charge in [0.2, 0.25) is 0 Å². The highest BCUT2D eigenvalue weighted by Gasteiger charge is 2.21. The number of hydrogen-bond acceptors (Lipinski definition) is 5. The molecule has 0 fully saturated rings. The molecule has 19 heavy (non-hydrogen) atoms. The molecular formula is C12H15ClO5S. The summed E-state index contributed by atoms with van der Waals surface area (Å²) in [6.07, 6.45) is 0.639. The van der Waals surface area contributed by atoms with Crippen LogP contribution in [0.2, 0.25) is 5.02 Å². The lowest BCUT2D eigenvalue weighted by molar-refractivity contribution is 0.201.